The predicted octanol–water partition coefficient (Wildman–Crippen LogP) is -5.64. The Kier molecular flexibility index (Phi) is 6.82. The van der Waals surface area contributed by atoms with Crippen LogP contribution in [0.5, 0.6) is 0 Å². The van der Waals surface area contributed by atoms with Gasteiger partial charge in [0, 0.05) is 0 Å². The molecule has 0 aromatic rings. The van der Waals surface area contributed by atoms with Crippen molar-refractivity contribution in [1.29, 1.82) is 0 Å². The van der Waals surface area contributed by atoms with Crippen LogP contribution in [0.3, 0.4) is 0 Å². The van der Waals surface area contributed by atoms with Crippen molar-refractivity contribution in [3.8, 4) is 0 Å². The number of Topliss-reactive ketones (excluding diaryl/α,β-unsaturated/α-hetero) is 4. The van der Waals surface area contributed by atoms with E-state index in [0.717, 1.165) is 5.70 Å². The zero-order valence-electron chi connectivity index (χ0n) is 26.6. The second-order valence-electron chi connectivity index (χ2n) is 12.8. The third-order valence-corrected chi connectivity index (χ3v) is 12.4. The monoisotopic (exact) mass is 791 g/mol. The van der Waals surface area contributed by atoms with E-state index in [1.54, 1.807) is 16.0 Å². The van der Waals surface area contributed by atoms with Gasteiger partial charge in [0.1, 0.15) is 0 Å². The average Bonchev–Trinajstić information content (AvgIpc) is 3.90. The van der Waals surface area contributed by atoms with E-state index >= 15 is 0 Å². The molecule has 8 N–H and O–H groups in total. The number of nitrogens with zero attached hydrogens (tertiary/aromatic N) is 2. The molecular formula is C30H32IN8O10-. The van der Waals surface area contributed by atoms with Crippen LogP contribution in [0.25, 0.3) is 0 Å². The molecule has 0 saturated carbocycles. The number of ketones is 4. The quantitative estimate of drug-likeness (QED) is 0.0521. The summed E-state index contributed by atoms with van der Waals surface area (Å²) in [5, 5.41) is 6.49. The van der Waals surface area contributed by atoms with Crippen LogP contribution >= 0.6 is 0 Å². The van der Waals surface area contributed by atoms with Crippen LogP contribution in [0.1, 0.15) is 13.8 Å². The molecular weight excluding hydrogens is 759 g/mol. The summed E-state index contributed by atoms with van der Waals surface area (Å²) in [6.45, 7) is 2.90. The first-order valence-corrected chi connectivity index (χ1v) is 17.5. The third-order valence-electron chi connectivity index (χ3n) is 10.8. The van der Waals surface area contributed by atoms with E-state index < -0.39 is 74.6 Å². The maximum absolute atomic E-state index is 14.2. The van der Waals surface area contributed by atoms with E-state index in [1.165, 1.54) is 28.1 Å². The predicted molar refractivity (Wildman–Crippen MR) is 158 cm³/mol. The molecule has 8 aliphatic rings. The van der Waals surface area contributed by atoms with Crippen LogP contribution in [-0.2, 0) is 38.1 Å². The summed E-state index contributed by atoms with van der Waals surface area (Å²) in [5.74, 6) is -3.45. The Morgan fingerprint density at radius 3 is 1.96 bits per heavy atom. The molecule has 0 bridgehead atoms. The Morgan fingerprint density at radius 2 is 1.41 bits per heavy atom. The van der Waals surface area contributed by atoms with Gasteiger partial charge in [-0.3, -0.25) is 0 Å². The van der Waals surface area contributed by atoms with Crippen molar-refractivity contribution >= 4 is 35.3 Å². The number of ether oxygens (including phenoxy) is 4. The van der Waals surface area contributed by atoms with Gasteiger partial charge in [0.25, 0.3) is 0 Å². The second-order valence-corrected chi connectivity index (χ2v) is 14.4. The summed E-state index contributed by atoms with van der Waals surface area (Å²) >= 11 is -1.48. The standard InChI is InChI=1S/C30H32IN8O10/c1-9-17(23(42)15-11(7-48-27(32)44)29(46-3)25-13(34-25)5-38(29)19(15)21(9)40)36-31-37-18-10(2)22(41)20-16(24(18)43)12(8-49-28(33)45)30(47-4)26-14(35-26)6-39(20)30/h5,11-12,14,25-26,34-37H,6-8H2,1-4H3,(H2,32,44)(H2,33,45)/q-1/t11-,12-,14+,25+,26+,29-,30-/m1/s1. The summed E-state index contributed by atoms with van der Waals surface area (Å²) in [6.07, 6.45) is -0.354. The van der Waals surface area contributed by atoms with Crippen molar-refractivity contribution in [2.45, 2.75) is 43.4 Å². The van der Waals surface area contributed by atoms with Gasteiger partial charge in [-0.1, -0.05) is 0 Å². The van der Waals surface area contributed by atoms with Crippen LogP contribution in [0.15, 0.2) is 57.0 Å². The van der Waals surface area contributed by atoms with E-state index in [9.17, 15) is 28.8 Å². The molecule has 0 radical (unpaired) electrons. The van der Waals surface area contributed by atoms with E-state index in [4.69, 9.17) is 30.4 Å². The number of fused-ring (bicyclic) bond motifs is 8. The molecule has 49 heavy (non-hydrogen) atoms. The first kappa shape index (κ1) is 31.8. The molecule has 2 aliphatic carbocycles. The van der Waals surface area contributed by atoms with Crippen molar-refractivity contribution in [3.63, 3.8) is 0 Å². The number of carbonyl (C=O) groups excluding carboxylic acids is 6. The number of piperazine rings is 1. The van der Waals surface area contributed by atoms with E-state index in [-0.39, 0.29) is 82.2 Å². The van der Waals surface area contributed by atoms with Crippen LogP contribution in [0, 0.1) is 11.8 Å². The average molecular weight is 792 g/mol. The topological polar surface area (TPSA) is 266 Å². The van der Waals surface area contributed by atoms with Crippen molar-refractivity contribution in [3.05, 3.63) is 57.0 Å². The minimum atomic E-state index is -1.48. The molecule has 260 valence electrons. The first-order valence-electron chi connectivity index (χ1n) is 15.3. The normalized spacial score (nSPS) is 34.8. The van der Waals surface area contributed by atoms with Gasteiger partial charge in [-0.25, -0.2) is 0 Å². The third kappa shape index (κ3) is 3.97. The SMILES string of the molecule is CO[C@@]12[C@H](COC(N)=O)C3=C(C(=O)C(C)=C(N[I-]NC4=C(C)C(=O)C5=C(C4=O)[C@@H](COC(N)=O)[C@@]4(OC)[C@H]6N[C@H]6CN54)C3=O)N1C=C1N[C@@H]12. The van der Waals surface area contributed by atoms with Gasteiger partial charge in [0.05, 0.1) is 0 Å². The van der Waals surface area contributed by atoms with Crippen molar-refractivity contribution in [1.82, 2.24) is 27.5 Å². The Bertz CT molecular complexity index is 1890. The number of nitrogens with two attached hydrogens (primary N) is 2. The fourth-order valence-electron chi connectivity index (χ4n) is 8.51. The number of hydrogen-bond acceptors (Lipinski definition) is 16. The summed E-state index contributed by atoms with van der Waals surface area (Å²) in [5.41, 5.74) is 10.00. The van der Waals surface area contributed by atoms with E-state index in [2.05, 4.69) is 17.7 Å². The summed E-state index contributed by atoms with van der Waals surface area (Å²) < 4.78 is 28.4. The number of methoxy groups -OCH3 is 2. The summed E-state index contributed by atoms with van der Waals surface area (Å²) in [7, 11) is 2.94. The van der Waals surface area contributed by atoms with Crippen LogP contribution in [-0.4, -0.2) is 109 Å². The van der Waals surface area contributed by atoms with Crippen molar-refractivity contribution < 1.29 is 69.5 Å². The Morgan fingerprint density at radius 1 is 0.878 bits per heavy atom. The number of hydrogen-bond donors (Lipinski definition) is 6. The zero-order valence-corrected chi connectivity index (χ0v) is 28.8. The molecule has 3 saturated heterocycles. The number of rotatable bonds is 10. The summed E-state index contributed by atoms with van der Waals surface area (Å²) in [6, 6.07) is -0.480. The van der Waals surface area contributed by atoms with E-state index in [0.29, 0.717) is 6.54 Å². The molecule has 18 nitrogen and oxygen atoms in total. The van der Waals surface area contributed by atoms with Crippen molar-refractivity contribution in [2.75, 3.05) is 34.0 Å². The molecule has 19 heteroatoms. The molecule has 0 unspecified atom stereocenters. The molecule has 2 amide bonds. The fraction of sp³-hybridized carbons (Fsp3) is 0.467. The van der Waals surface area contributed by atoms with Gasteiger partial charge in [0.15, 0.2) is 0 Å². The van der Waals surface area contributed by atoms with Gasteiger partial charge in [0.2, 0.25) is 0 Å². The number of carbonyl (C=O) groups is 6. The Hall–Kier alpha value is -4.47. The molecule has 3 fully saturated rings. The van der Waals surface area contributed by atoms with Gasteiger partial charge >= 0.3 is 290 Å². The number of primary amides is 2. The molecule has 6 aliphatic heterocycles. The summed E-state index contributed by atoms with van der Waals surface area (Å²) in [4.78, 5) is 82.8. The Balaban J connectivity index is 1.05. The van der Waals surface area contributed by atoms with Gasteiger partial charge in [-0.05, 0) is 0 Å². The molecule has 8 rings (SSSR count). The number of allylic oxidation sites excluding steroid dienone is 4. The molecule has 0 aromatic carbocycles. The van der Waals surface area contributed by atoms with Crippen molar-refractivity contribution in [2.24, 2.45) is 23.3 Å². The van der Waals surface area contributed by atoms with Crippen LogP contribution in [0.2, 0.25) is 0 Å². The number of nitrogens with one attached hydrogen (secondary N) is 4. The number of halogens is 1. The first-order chi connectivity index (χ1) is 23.3. The van der Waals surface area contributed by atoms with Gasteiger partial charge in [-0.2, -0.15) is 0 Å². The molecule has 6 heterocycles. The molecule has 0 spiro atoms. The zero-order chi connectivity index (χ0) is 34.9. The van der Waals surface area contributed by atoms with Gasteiger partial charge < -0.3 is 0 Å². The molecule has 7 atom stereocenters. The number of amides is 2. The van der Waals surface area contributed by atoms with Crippen LogP contribution in [0.4, 0.5) is 9.59 Å². The minimum absolute atomic E-state index is 0.0136. The maximum atomic E-state index is 14.2. The van der Waals surface area contributed by atoms with Gasteiger partial charge in [-0.15, -0.1) is 0 Å². The Labute approximate surface area is 289 Å². The fourth-order valence-corrected chi connectivity index (χ4v) is 10.5. The second kappa shape index (κ2) is 10.5. The van der Waals surface area contributed by atoms with E-state index in [1.807, 2.05) is 0 Å². The molecule has 0 aromatic heterocycles. The van der Waals surface area contributed by atoms with Crippen LogP contribution < -0.4 is 50.9 Å².